The summed E-state index contributed by atoms with van der Waals surface area (Å²) in [7, 11) is 4.20. The Labute approximate surface area is 302 Å². The van der Waals surface area contributed by atoms with Gasteiger partial charge in [0.25, 0.3) is 0 Å². The molecule has 8 bridgehead atoms. The lowest BCUT2D eigenvalue weighted by molar-refractivity contribution is 1.20. The Bertz CT molecular complexity index is 2550. The monoisotopic (exact) mass is 674 g/mol. The molecule has 0 saturated carbocycles. The molecule has 0 spiro atoms. The molecule has 4 aromatic heterocycles. The normalized spacial score (nSPS) is 12.3. The van der Waals surface area contributed by atoms with Gasteiger partial charge in [0.2, 0.25) is 0 Å². The minimum atomic E-state index is 1.02. The highest BCUT2D eigenvalue weighted by Crippen LogP contribution is 2.29. The third-order valence-corrected chi connectivity index (χ3v) is 9.91. The summed E-state index contributed by atoms with van der Waals surface area (Å²) in [6.07, 6.45) is 4.33. The van der Waals surface area contributed by atoms with E-state index in [9.17, 15) is 0 Å². The van der Waals surface area contributed by atoms with E-state index < -0.39 is 0 Å². The maximum atomic E-state index is 3.71. The van der Waals surface area contributed by atoms with E-state index in [0.717, 1.165) is 89.2 Å². The number of hydrogen-bond donors (Lipinski definition) is 4. The van der Waals surface area contributed by atoms with E-state index in [1.165, 1.54) is 0 Å². The van der Waals surface area contributed by atoms with E-state index in [0.29, 0.717) is 0 Å². The average Bonchev–Trinajstić information content (AvgIpc) is 4.03. The standard InChI is InChI=1S/C46H38N6/c1-51(37-9-5-3-6-10-37)39-21-13-31(14-22-39)45-41-25-17-33(47-41)29-35-19-27-43(49-35)46(44-28-20-36(50-44)30-34-18-26-42(45)48-34)32-15-23-40(24-16-32)52(2)38-11-7-4-8-12-38/h3-30,47-50H,1-2H3. The Morgan fingerprint density at radius 2 is 0.731 bits per heavy atom. The first-order valence-electron chi connectivity index (χ1n) is 17.6. The number of nitrogens with zero attached hydrogens (tertiary/aromatic N) is 2. The van der Waals surface area contributed by atoms with Gasteiger partial charge in [0.05, 0.1) is 0 Å². The van der Waals surface area contributed by atoms with Gasteiger partial charge in [0, 0.05) is 92.2 Å². The molecule has 0 fully saturated rings. The summed E-state index contributed by atoms with van der Waals surface area (Å²) >= 11 is 0. The Balaban J connectivity index is 1.14. The van der Waals surface area contributed by atoms with E-state index in [1.807, 2.05) is 12.1 Å². The molecule has 0 amide bonds. The van der Waals surface area contributed by atoms with Crippen LogP contribution in [0.25, 0.3) is 23.3 Å². The number of fused-ring (bicyclic) bond motifs is 8. The minimum Gasteiger partial charge on any atom is -0.355 e. The van der Waals surface area contributed by atoms with E-state index in [1.54, 1.807) is 0 Å². The number of benzene rings is 4. The first-order chi connectivity index (χ1) is 25.6. The Hall–Kier alpha value is -6.92. The zero-order valence-electron chi connectivity index (χ0n) is 29.1. The second-order valence-electron chi connectivity index (χ2n) is 13.2. The fraction of sp³-hybridized carbons (Fsp3) is 0.0435. The molecule has 52 heavy (non-hydrogen) atoms. The van der Waals surface area contributed by atoms with Gasteiger partial charge in [0.15, 0.2) is 0 Å². The number of hydrogen-bond acceptors (Lipinski definition) is 2. The van der Waals surface area contributed by atoms with Gasteiger partial charge in [-0.1, -0.05) is 60.7 Å². The van der Waals surface area contributed by atoms with Crippen LogP contribution in [-0.4, -0.2) is 34.0 Å². The molecular formula is C46H38N6. The van der Waals surface area contributed by atoms with Crippen molar-refractivity contribution in [3.05, 3.63) is 213 Å². The van der Waals surface area contributed by atoms with Crippen molar-refractivity contribution in [3.8, 4) is 0 Å². The van der Waals surface area contributed by atoms with Gasteiger partial charge in [-0.3, -0.25) is 0 Å². The van der Waals surface area contributed by atoms with Gasteiger partial charge in [-0.2, -0.15) is 0 Å². The van der Waals surface area contributed by atoms with Crippen LogP contribution in [0.15, 0.2) is 158 Å². The zero-order chi connectivity index (χ0) is 35.0. The molecule has 1 aliphatic rings. The van der Waals surface area contributed by atoms with Crippen molar-refractivity contribution in [1.29, 1.82) is 0 Å². The molecule has 1 aliphatic heterocycles. The van der Waals surface area contributed by atoms with Crippen molar-refractivity contribution >= 4 is 46.0 Å². The van der Waals surface area contributed by atoms with E-state index >= 15 is 0 Å². The molecule has 0 unspecified atom stereocenters. The number of nitrogens with one attached hydrogen (secondary N) is 4. The van der Waals surface area contributed by atoms with Gasteiger partial charge in [-0.15, -0.1) is 0 Å². The molecule has 0 saturated heterocycles. The highest BCUT2D eigenvalue weighted by atomic mass is 15.1. The molecule has 9 rings (SSSR count). The number of anilines is 4. The van der Waals surface area contributed by atoms with Crippen molar-refractivity contribution in [2.24, 2.45) is 0 Å². The van der Waals surface area contributed by atoms with Crippen LogP contribution >= 0.6 is 0 Å². The summed E-state index contributed by atoms with van der Waals surface area (Å²) in [6, 6.07) is 55.7. The molecule has 4 N–H and O–H groups in total. The van der Waals surface area contributed by atoms with Crippen molar-refractivity contribution in [1.82, 2.24) is 19.9 Å². The quantitative estimate of drug-likeness (QED) is 0.154. The Morgan fingerprint density at radius 1 is 0.346 bits per heavy atom. The van der Waals surface area contributed by atoms with Crippen LogP contribution in [0.1, 0.15) is 33.9 Å². The largest absolute Gasteiger partial charge is 0.355 e. The Morgan fingerprint density at radius 3 is 1.13 bits per heavy atom. The number of para-hydroxylation sites is 2. The maximum absolute atomic E-state index is 3.71. The average molecular weight is 675 g/mol. The third-order valence-electron chi connectivity index (χ3n) is 9.91. The van der Waals surface area contributed by atoms with Crippen molar-refractivity contribution < 1.29 is 0 Å². The molecule has 4 aromatic carbocycles. The Kier molecular flexibility index (Phi) is 7.82. The highest BCUT2D eigenvalue weighted by Gasteiger charge is 2.14. The van der Waals surface area contributed by atoms with Crippen LogP contribution in [-0.2, 0) is 0 Å². The lowest BCUT2D eigenvalue weighted by Gasteiger charge is -2.20. The van der Waals surface area contributed by atoms with Gasteiger partial charge >= 0.3 is 0 Å². The van der Waals surface area contributed by atoms with Gasteiger partial charge in [0.1, 0.15) is 0 Å². The molecular weight excluding hydrogens is 637 g/mol. The molecule has 252 valence electrons. The van der Waals surface area contributed by atoms with E-state index in [4.69, 9.17) is 0 Å². The van der Waals surface area contributed by atoms with E-state index in [2.05, 4.69) is 202 Å². The first-order valence-corrected chi connectivity index (χ1v) is 17.6. The summed E-state index contributed by atoms with van der Waals surface area (Å²) in [6.45, 7) is 0. The molecule has 8 aromatic rings. The third kappa shape index (κ3) is 5.97. The van der Waals surface area contributed by atoms with Crippen LogP contribution in [0.4, 0.5) is 22.7 Å². The second-order valence-corrected chi connectivity index (χ2v) is 13.2. The lowest BCUT2D eigenvalue weighted by Crippen LogP contribution is -2.16. The second kappa shape index (κ2) is 13.1. The minimum absolute atomic E-state index is 1.02. The topological polar surface area (TPSA) is 69.6 Å². The molecule has 0 atom stereocenters. The first kappa shape index (κ1) is 31.1. The van der Waals surface area contributed by atoms with Crippen LogP contribution in [0.5, 0.6) is 0 Å². The summed E-state index contributed by atoms with van der Waals surface area (Å²) in [5, 5.41) is 4.11. The highest BCUT2D eigenvalue weighted by molar-refractivity contribution is 5.81. The SMILES string of the molecule is CN(c1ccccc1)c1ccc(C2=c3ccc([nH]3)=Cc3ccc([nH]3)C(c3ccc(N(C)c4ccccc4)cc3)=c3ccc([nH]3)=Cc3ccc2[nH]3)cc1. The molecule has 0 aliphatic carbocycles. The van der Waals surface area contributed by atoms with Gasteiger partial charge in [-0.25, -0.2) is 0 Å². The number of aromatic amines is 4. The molecule has 6 heteroatoms. The predicted molar refractivity (Wildman–Crippen MR) is 214 cm³/mol. The van der Waals surface area contributed by atoms with Crippen molar-refractivity contribution in [3.63, 3.8) is 0 Å². The van der Waals surface area contributed by atoms with Crippen LogP contribution in [0, 0.1) is 0 Å². The number of H-pyrrole nitrogens is 4. The maximum Gasteiger partial charge on any atom is 0.0485 e. The van der Waals surface area contributed by atoms with Crippen LogP contribution in [0.2, 0.25) is 0 Å². The summed E-state index contributed by atoms with van der Waals surface area (Å²) < 4.78 is 0. The zero-order valence-corrected chi connectivity index (χ0v) is 29.1. The van der Waals surface area contributed by atoms with Gasteiger partial charge < -0.3 is 29.7 Å². The van der Waals surface area contributed by atoms with Gasteiger partial charge in [-0.05, 0) is 120 Å². The van der Waals surface area contributed by atoms with Crippen molar-refractivity contribution in [2.75, 3.05) is 23.9 Å². The fourth-order valence-corrected chi connectivity index (χ4v) is 7.12. The van der Waals surface area contributed by atoms with E-state index in [-0.39, 0.29) is 0 Å². The fourth-order valence-electron chi connectivity index (χ4n) is 7.12. The predicted octanol–water partition coefficient (Wildman–Crippen LogP) is 7.00. The number of rotatable bonds is 6. The summed E-state index contributed by atoms with van der Waals surface area (Å²) in [5.74, 6) is 0. The lowest BCUT2D eigenvalue weighted by atomic mass is 10.0. The molecule has 0 radical (unpaired) electrons. The van der Waals surface area contributed by atoms with Crippen LogP contribution < -0.4 is 31.2 Å². The summed E-state index contributed by atoms with van der Waals surface area (Å²) in [5.41, 5.74) is 13.1. The van der Waals surface area contributed by atoms with Crippen LogP contribution in [0.3, 0.4) is 0 Å². The smallest absolute Gasteiger partial charge is 0.0485 e. The van der Waals surface area contributed by atoms with Crippen molar-refractivity contribution in [2.45, 2.75) is 0 Å². The molecule has 6 nitrogen and oxygen atoms in total. The molecule has 5 heterocycles. The summed E-state index contributed by atoms with van der Waals surface area (Å²) in [4.78, 5) is 19.2. The number of aromatic nitrogens is 4.